The molecule has 1 N–H and O–H groups in total. The molecule has 0 radical (unpaired) electrons. The number of benzene rings is 2. The first-order valence-electron chi connectivity index (χ1n) is 9.40. The minimum atomic E-state index is -0.780. The molecule has 0 heterocycles. The maximum absolute atomic E-state index is 11.4. The van der Waals surface area contributed by atoms with Gasteiger partial charge in [0.1, 0.15) is 11.5 Å². The Kier molecular flexibility index (Phi) is 7.99. The van der Waals surface area contributed by atoms with Crippen LogP contribution in [-0.4, -0.2) is 24.7 Å². The monoisotopic (exact) mass is 372 g/mol. The van der Waals surface area contributed by atoms with Gasteiger partial charge in [-0.05, 0) is 49.9 Å². The first-order chi connectivity index (χ1) is 13.0. The highest BCUT2D eigenvalue weighted by Gasteiger charge is 2.15. The number of hydrogen-bond acceptors (Lipinski definition) is 5. The molecule has 2 aromatic rings. The van der Waals surface area contributed by atoms with Crippen LogP contribution >= 0.6 is 0 Å². The van der Waals surface area contributed by atoms with Crippen LogP contribution in [0.5, 0.6) is 11.5 Å². The highest BCUT2D eigenvalue weighted by molar-refractivity contribution is 5.77. The second-order valence-electron chi connectivity index (χ2n) is 6.40. The summed E-state index contributed by atoms with van der Waals surface area (Å²) in [5, 5.41) is 10.7. The van der Waals surface area contributed by atoms with Gasteiger partial charge in [0, 0.05) is 0 Å². The van der Waals surface area contributed by atoms with E-state index in [2.05, 4.69) is 6.92 Å². The minimum absolute atomic E-state index is 0.153. The van der Waals surface area contributed by atoms with Crippen molar-refractivity contribution in [3.8, 4) is 22.6 Å². The van der Waals surface area contributed by atoms with Gasteiger partial charge in [-0.25, -0.2) is 4.79 Å². The Morgan fingerprint density at radius 1 is 1.07 bits per heavy atom. The topological polar surface area (TPSA) is 65.0 Å². The molecule has 0 aliphatic heterocycles. The Hall–Kier alpha value is -2.69. The molecule has 0 aliphatic rings. The van der Waals surface area contributed by atoms with Gasteiger partial charge in [0.05, 0.1) is 12.2 Å². The minimum Gasteiger partial charge on any atom is -0.507 e. The molecule has 0 spiro atoms. The van der Waals surface area contributed by atoms with E-state index in [4.69, 9.17) is 14.2 Å². The number of carbonyl (C=O) groups excluding carboxylic acids is 1. The third-order valence-electron chi connectivity index (χ3n) is 4.17. The number of hydrogen-bond donors (Lipinski definition) is 1. The van der Waals surface area contributed by atoms with Gasteiger partial charge in [-0.2, -0.15) is 0 Å². The largest absolute Gasteiger partial charge is 0.511 e. The predicted octanol–water partition coefficient (Wildman–Crippen LogP) is 5.61. The summed E-state index contributed by atoms with van der Waals surface area (Å²) in [5.74, 6) is 0.636. The second-order valence-corrected chi connectivity index (χ2v) is 6.40. The Bertz CT molecular complexity index is 754. The molecule has 5 nitrogen and oxygen atoms in total. The van der Waals surface area contributed by atoms with Crippen molar-refractivity contribution in [3.05, 3.63) is 47.5 Å². The molecule has 2 rings (SSSR count). The SMILES string of the molecule is CCCCCc1cc(O)c(-c2cccc(C)c2)c(OCOC(=O)OCC)c1. The summed E-state index contributed by atoms with van der Waals surface area (Å²) < 4.78 is 15.3. The summed E-state index contributed by atoms with van der Waals surface area (Å²) in [4.78, 5) is 11.4. The molecule has 0 bridgehead atoms. The number of aryl methyl sites for hydroxylation is 2. The zero-order chi connectivity index (χ0) is 19.6. The van der Waals surface area contributed by atoms with Crippen LogP contribution in [0.1, 0.15) is 44.2 Å². The molecule has 0 saturated carbocycles. The molecule has 0 aliphatic carbocycles. The number of phenolic OH excluding ortho intramolecular Hbond substituents is 1. The van der Waals surface area contributed by atoms with Crippen molar-refractivity contribution in [2.75, 3.05) is 13.4 Å². The number of phenols is 1. The summed E-state index contributed by atoms with van der Waals surface area (Å²) in [6.07, 6.45) is 3.37. The van der Waals surface area contributed by atoms with Crippen molar-refractivity contribution in [2.24, 2.45) is 0 Å². The quantitative estimate of drug-likeness (QED) is 0.352. The van der Waals surface area contributed by atoms with E-state index in [1.807, 2.05) is 37.3 Å². The summed E-state index contributed by atoms with van der Waals surface area (Å²) in [6.45, 7) is 5.80. The van der Waals surface area contributed by atoms with Gasteiger partial charge in [0.25, 0.3) is 0 Å². The summed E-state index contributed by atoms with van der Waals surface area (Å²) >= 11 is 0. The van der Waals surface area contributed by atoms with Crippen LogP contribution in [0, 0.1) is 6.92 Å². The molecular formula is C22H28O5. The molecule has 146 valence electrons. The normalized spacial score (nSPS) is 10.5. The van der Waals surface area contributed by atoms with Crippen LogP contribution in [0.15, 0.2) is 36.4 Å². The number of rotatable bonds is 9. The number of unbranched alkanes of at least 4 members (excludes halogenated alkanes) is 2. The van der Waals surface area contributed by atoms with Gasteiger partial charge in [0.15, 0.2) is 0 Å². The summed E-state index contributed by atoms with van der Waals surface area (Å²) in [7, 11) is 0. The van der Waals surface area contributed by atoms with Crippen molar-refractivity contribution >= 4 is 6.16 Å². The number of ether oxygens (including phenoxy) is 3. The van der Waals surface area contributed by atoms with Crippen LogP contribution in [0.25, 0.3) is 11.1 Å². The number of carbonyl (C=O) groups is 1. The van der Waals surface area contributed by atoms with Gasteiger partial charge >= 0.3 is 6.16 Å². The van der Waals surface area contributed by atoms with E-state index in [1.165, 1.54) is 0 Å². The Morgan fingerprint density at radius 2 is 1.89 bits per heavy atom. The van der Waals surface area contributed by atoms with Gasteiger partial charge in [-0.1, -0.05) is 49.6 Å². The zero-order valence-corrected chi connectivity index (χ0v) is 16.3. The summed E-state index contributed by atoms with van der Waals surface area (Å²) in [6, 6.07) is 11.5. The lowest BCUT2D eigenvalue weighted by molar-refractivity contribution is 0.00702. The second kappa shape index (κ2) is 10.5. The third-order valence-corrected chi connectivity index (χ3v) is 4.17. The van der Waals surface area contributed by atoms with Crippen LogP contribution in [0.4, 0.5) is 4.79 Å². The lowest BCUT2D eigenvalue weighted by Gasteiger charge is -2.16. The van der Waals surface area contributed by atoms with Crippen LogP contribution in [-0.2, 0) is 15.9 Å². The van der Waals surface area contributed by atoms with Gasteiger partial charge in [-0.15, -0.1) is 0 Å². The average molecular weight is 372 g/mol. The zero-order valence-electron chi connectivity index (χ0n) is 16.3. The fourth-order valence-corrected chi connectivity index (χ4v) is 2.88. The van der Waals surface area contributed by atoms with Crippen molar-refractivity contribution in [1.29, 1.82) is 0 Å². The van der Waals surface area contributed by atoms with E-state index < -0.39 is 6.16 Å². The molecule has 0 saturated heterocycles. The van der Waals surface area contributed by atoms with Crippen LogP contribution in [0.3, 0.4) is 0 Å². The lowest BCUT2D eigenvalue weighted by atomic mass is 9.98. The Balaban J connectivity index is 2.28. The first kappa shape index (κ1) is 20.6. The van der Waals surface area contributed by atoms with E-state index in [-0.39, 0.29) is 19.1 Å². The molecule has 0 unspecified atom stereocenters. The van der Waals surface area contributed by atoms with Crippen molar-refractivity contribution in [3.63, 3.8) is 0 Å². The fraction of sp³-hybridized carbons (Fsp3) is 0.409. The van der Waals surface area contributed by atoms with Gasteiger partial charge < -0.3 is 19.3 Å². The molecular weight excluding hydrogens is 344 g/mol. The first-order valence-corrected chi connectivity index (χ1v) is 9.40. The van der Waals surface area contributed by atoms with E-state index in [0.29, 0.717) is 11.3 Å². The van der Waals surface area contributed by atoms with Crippen LogP contribution < -0.4 is 4.74 Å². The van der Waals surface area contributed by atoms with Crippen molar-refractivity contribution < 1.29 is 24.1 Å². The fourth-order valence-electron chi connectivity index (χ4n) is 2.88. The molecule has 5 heteroatoms. The van der Waals surface area contributed by atoms with Gasteiger partial charge in [0.2, 0.25) is 6.79 Å². The molecule has 27 heavy (non-hydrogen) atoms. The Morgan fingerprint density at radius 3 is 2.59 bits per heavy atom. The third kappa shape index (κ3) is 6.20. The van der Waals surface area contributed by atoms with Crippen molar-refractivity contribution in [2.45, 2.75) is 46.5 Å². The lowest BCUT2D eigenvalue weighted by Crippen LogP contribution is -2.12. The van der Waals surface area contributed by atoms with E-state index >= 15 is 0 Å². The van der Waals surface area contributed by atoms with Crippen LogP contribution in [0.2, 0.25) is 0 Å². The maximum Gasteiger partial charge on any atom is 0.511 e. The molecule has 0 amide bonds. The number of aromatic hydroxyl groups is 1. The van der Waals surface area contributed by atoms with E-state index in [1.54, 1.807) is 13.0 Å². The van der Waals surface area contributed by atoms with E-state index in [0.717, 1.165) is 42.4 Å². The Labute approximate surface area is 160 Å². The average Bonchev–Trinajstić information content (AvgIpc) is 2.62. The van der Waals surface area contributed by atoms with Gasteiger partial charge in [-0.3, -0.25) is 0 Å². The van der Waals surface area contributed by atoms with E-state index in [9.17, 15) is 9.90 Å². The highest BCUT2D eigenvalue weighted by Crippen LogP contribution is 2.39. The van der Waals surface area contributed by atoms with Crippen molar-refractivity contribution in [1.82, 2.24) is 0 Å². The molecule has 0 aromatic heterocycles. The molecule has 2 aromatic carbocycles. The highest BCUT2D eigenvalue weighted by atomic mass is 16.8. The maximum atomic E-state index is 11.4. The standard InChI is InChI=1S/C22H28O5/c1-4-6-7-10-17-13-19(23)21(18-11-8-9-16(3)12-18)20(14-17)26-15-27-22(24)25-5-2/h8-9,11-14,23H,4-7,10,15H2,1-3H3. The molecule has 0 fully saturated rings. The summed E-state index contributed by atoms with van der Waals surface area (Å²) in [5.41, 5.74) is 3.50. The smallest absolute Gasteiger partial charge is 0.507 e. The molecule has 0 atom stereocenters. The predicted molar refractivity (Wildman–Crippen MR) is 105 cm³/mol.